The predicted octanol–water partition coefficient (Wildman–Crippen LogP) is -1.48. The Kier molecular flexibility index (Phi) is 5.19. The number of carbonyl (C=O) groups excluding carboxylic acids is 1. The summed E-state index contributed by atoms with van der Waals surface area (Å²) < 4.78 is 28.1. The lowest BCUT2D eigenvalue weighted by Crippen LogP contribution is -2.54. The molecule has 1 unspecified atom stereocenters. The summed E-state index contributed by atoms with van der Waals surface area (Å²) in [6.07, 6.45) is 1.73. The molecule has 0 spiro atoms. The van der Waals surface area contributed by atoms with Crippen molar-refractivity contribution < 1.29 is 13.2 Å². The summed E-state index contributed by atoms with van der Waals surface area (Å²) in [5, 5.41) is 5.71. The van der Waals surface area contributed by atoms with E-state index < -0.39 is 16.2 Å². The minimum atomic E-state index is -3.37. The van der Waals surface area contributed by atoms with Crippen LogP contribution in [0.3, 0.4) is 0 Å². The van der Waals surface area contributed by atoms with E-state index in [1.807, 2.05) is 0 Å². The van der Waals surface area contributed by atoms with E-state index in [1.165, 1.54) is 8.61 Å². The minimum absolute atomic E-state index is 0.133. The molecule has 2 rings (SSSR count). The number of carbonyl (C=O) groups is 1. The number of rotatable bonds is 4. The second kappa shape index (κ2) is 6.70. The molecule has 2 fully saturated rings. The maximum Gasteiger partial charge on any atom is 0.312 e. The van der Waals surface area contributed by atoms with Gasteiger partial charge in [-0.05, 0) is 18.8 Å². The van der Waals surface area contributed by atoms with Crippen LogP contribution in [0.5, 0.6) is 0 Å². The summed E-state index contributed by atoms with van der Waals surface area (Å²) in [5.74, 6) is 0.133. The van der Waals surface area contributed by atoms with Gasteiger partial charge in [-0.1, -0.05) is 0 Å². The summed E-state index contributed by atoms with van der Waals surface area (Å²) >= 11 is 0. The molecule has 0 radical (unpaired) electrons. The first-order valence-corrected chi connectivity index (χ1v) is 8.39. The molecule has 2 heterocycles. The van der Waals surface area contributed by atoms with Crippen LogP contribution in [0.2, 0.25) is 0 Å². The van der Waals surface area contributed by atoms with E-state index in [2.05, 4.69) is 10.6 Å². The Balaban J connectivity index is 1.94. The first kappa shape index (κ1) is 15.5. The second-order valence-electron chi connectivity index (χ2n) is 5.27. The standard InChI is InChI=1S/C11H23N5O3S/c12-11(17)14-8-10-2-1-5-16(9-10)20(18,19)15-6-3-13-4-7-15/h10,13H,1-9H2,(H3,12,14,17). The van der Waals surface area contributed by atoms with Crippen LogP contribution in [0, 0.1) is 5.92 Å². The van der Waals surface area contributed by atoms with Crippen LogP contribution in [0.15, 0.2) is 0 Å². The third-order valence-corrected chi connectivity index (χ3v) is 5.78. The molecule has 0 aromatic rings. The normalized spacial score (nSPS) is 26.3. The smallest absolute Gasteiger partial charge is 0.312 e. The van der Waals surface area contributed by atoms with Crippen molar-refractivity contribution in [3.63, 3.8) is 0 Å². The molecule has 20 heavy (non-hydrogen) atoms. The molecule has 0 saturated carbocycles. The summed E-state index contributed by atoms with van der Waals surface area (Å²) in [6.45, 7) is 3.86. The van der Waals surface area contributed by atoms with Gasteiger partial charge in [0.15, 0.2) is 0 Å². The average Bonchev–Trinajstić information content (AvgIpc) is 2.46. The zero-order valence-corrected chi connectivity index (χ0v) is 12.4. The molecule has 8 nitrogen and oxygen atoms in total. The molecular formula is C11H23N5O3S. The molecule has 0 aliphatic carbocycles. The molecular weight excluding hydrogens is 282 g/mol. The van der Waals surface area contributed by atoms with Crippen LogP contribution in [-0.4, -0.2) is 68.9 Å². The number of primary amides is 1. The third-order valence-electron chi connectivity index (χ3n) is 3.78. The van der Waals surface area contributed by atoms with Crippen LogP contribution >= 0.6 is 0 Å². The van der Waals surface area contributed by atoms with Crippen molar-refractivity contribution in [3.05, 3.63) is 0 Å². The zero-order chi connectivity index (χ0) is 14.6. The van der Waals surface area contributed by atoms with Crippen LogP contribution < -0.4 is 16.4 Å². The molecule has 0 bridgehead atoms. The van der Waals surface area contributed by atoms with Crippen molar-refractivity contribution >= 4 is 16.2 Å². The molecule has 0 aromatic heterocycles. The highest BCUT2D eigenvalue weighted by atomic mass is 32.2. The summed E-state index contributed by atoms with van der Waals surface area (Å²) in [4.78, 5) is 10.7. The number of amides is 2. The molecule has 1 atom stereocenters. The first-order chi connectivity index (χ1) is 9.50. The van der Waals surface area contributed by atoms with E-state index in [-0.39, 0.29) is 5.92 Å². The average molecular weight is 305 g/mol. The topological polar surface area (TPSA) is 108 Å². The molecule has 2 amide bonds. The Bertz CT molecular complexity index is 435. The van der Waals surface area contributed by atoms with Gasteiger partial charge in [-0.2, -0.15) is 17.0 Å². The minimum Gasteiger partial charge on any atom is -0.352 e. The molecule has 2 aliphatic heterocycles. The zero-order valence-electron chi connectivity index (χ0n) is 11.5. The van der Waals surface area contributed by atoms with E-state index in [0.29, 0.717) is 45.8 Å². The number of piperidine rings is 1. The van der Waals surface area contributed by atoms with Crippen molar-refractivity contribution in [2.24, 2.45) is 11.7 Å². The number of nitrogens with one attached hydrogen (secondary N) is 2. The van der Waals surface area contributed by atoms with E-state index >= 15 is 0 Å². The predicted molar refractivity (Wildman–Crippen MR) is 75.2 cm³/mol. The number of urea groups is 1. The second-order valence-corrected chi connectivity index (χ2v) is 7.20. The van der Waals surface area contributed by atoms with Gasteiger partial charge in [0.25, 0.3) is 10.2 Å². The lowest BCUT2D eigenvalue weighted by Gasteiger charge is -2.36. The number of piperazine rings is 1. The SMILES string of the molecule is NC(=O)NCC1CCCN(S(=O)(=O)N2CCNCC2)C1. The van der Waals surface area contributed by atoms with Gasteiger partial charge in [-0.15, -0.1) is 0 Å². The Labute approximate surface area is 119 Å². The van der Waals surface area contributed by atoms with Gasteiger partial charge in [0, 0.05) is 45.8 Å². The fourth-order valence-electron chi connectivity index (χ4n) is 2.69. The summed E-state index contributed by atoms with van der Waals surface area (Å²) in [7, 11) is -3.37. The highest BCUT2D eigenvalue weighted by Crippen LogP contribution is 2.20. The van der Waals surface area contributed by atoms with Gasteiger partial charge in [0.2, 0.25) is 0 Å². The highest BCUT2D eigenvalue weighted by molar-refractivity contribution is 7.86. The van der Waals surface area contributed by atoms with Crippen LogP contribution in [0.4, 0.5) is 4.79 Å². The summed E-state index contributed by atoms with van der Waals surface area (Å²) in [5.41, 5.74) is 5.05. The first-order valence-electron chi connectivity index (χ1n) is 6.99. The van der Waals surface area contributed by atoms with Crippen molar-refractivity contribution in [1.29, 1.82) is 0 Å². The third kappa shape index (κ3) is 3.81. The Hall–Kier alpha value is -0.900. The van der Waals surface area contributed by atoms with Crippen molar-refractivity contribution in [3.8, 4) is 0 Å². The highest BCUT2D eigenvalue weighted by Gasteiger charge is 2.34. The van der Waals surface area contributed by atoms with Crippen LogP contribution in [0.25, 0.3) is 0 Å². The lowest BCUT2D eigenvalue weighted by molar-refractivity contribution is 0.227. The summed E-state index contributed by atoms with van der Waals surface area (Å²) in [6, 6.07) is -0.563. The lowest BCUT2D eigenvalue weighted by atomic mass is 10.00. The van der Waals surface area contributed by atoms with E-state index in [0.717, 1.165) is 12.8 Å². The Morgan fingerprint density at radius 3 is 2.60 bits per heavy atom. The maximum absolute atomic E-state index is 12.5. The quantitative estimate of drug-likeness (QED) is 0.588. The van der Waals surface area contributed by atoms with Gasteiger partial charge in [0.05, 0.1) is 0 Å². The Morgan fingerprint density at radius 2 is 1.95 bits per heavy atom. The largest absolute Gasteiger partial charge is 0.352 e. The van der Waals surface area contributed by atoms with E-state index in [4.69, 9.17) is 5.73 Å². The Morgan fingerprint density at radius 1 is 1.25 bits per heavy atom. The number of nitrogens with zero attached hydrogens (tertiary/aromatic N) is 2. The van der Waals surface area contributed by atoms with Crippen molar-refractivity contribution in [2.45, 2.75) is 12.8 Å². The van der Waals surface area contributed by atoms with Gasteiger partial charge in [0.1, 0.15) is 0 Å². The fraction of sp³-hybridized carbons (Fsp3) is 0.909. The van der Waals surface area contributed by atoms with Crippen molar-refractivity contribution in [1.82, 2.24) is 19.2 Å². The fourth-order valence-corrected chi connectivity index (χ4v) is 4.42. The number of hydrogen-bond donors (Lipinski definition) is 3. The molecule has 0 aromatic carbocycles. The van der Waals surface area contributed by atoms with Gasteiger partial charge in [-0.25, -0.2) is 4.79 Å². The molecule has 4 N–H and O–H groups in total. The number of hydrogen-bond acceptors (Lipinski definition) is 4. The molecule has 116 valence electrons. The monoisotopic (exact) mass is 305 g/mol. The van der Waals surface area contributed by atoms with E-state index in [9.17, 15) is 13.2 Å². The van der Waals surface area contributed by atoms with Crippen LogP contribution in [0.1, 0.15) is 12.8 Å². The molecule has 9 heteroatoms. The van der Waals surface area contributed by atoms with Gasteiger partial charge < -0.3 is 16.4 Å². The van der Waals surface area contributed by atoms with Gasteiger partial charge >= 0.3 is 6.03 Å². The van der Waals surface area contributed by atoms with Crippen molar-refractivity contribution in [2.75, 3.05) is 45.8 Å². The van der Waals surface area contributed by atoms with E-state index in [1.54, 1.807) is 0 Å². The number of nitrogens with two attached hydrogens (primary N) is 1. The van der Waals surface area contributed by atoms with Crippen LogP contribution in [-0.2, 0) is 10.2 Å². The molecule has 2 aliphatic rings. The van der Waals surface area contributed by atoms with Gasteiger partial charge in [-0.3, -0.25) is 0 Å². The molecule has 2 saturated heterocycles. The maximum atomic E-state index is 12.5.